The molecule has 1 N–H and O–H groups in total. The number of alkyl halides is 2. The zero-order valence-corrected chi connectivity index (χ0v) is 8.58. The molecule has 1 rings (SSSR count). The molecule has 6 heteroatoms. The zero-order valence-electron chi connectivity index (χ0n) is 8.58. The molecular weight excluding hydrogens is 208 g/mol. The van der Waals surface area contributed by atoms with Crippen LogP contribution in [0.25, 0.3) is 0 Å². The summed E-state index contributed by atoms with van der Waals surface area (Å²) < 4.78 is 31.2. The number of aliphatic carboxylic acids is 1. The second kappa shape index (κ2) is 4.85. The highest BCUT2D eigenvalue weighted by molar-refractivity contribution is 5.68. The number of carbonyl (C=O) groups is 1. The molecule has 1 aliphatic rings. The lowest BCUT2D eigenvalue weighted by Crippen LogP contribution is -2.50. The van der Waals surface area contributed by atoms with Gasteiger partial charge in [0.1, 0.15) is 6.61 Å². The highest BCUT2D eigenvalue weighted by Crippen LogP contribution is 2.28. The van der Waals surface area contributed by atoms with E-state index in [9.17, 15) is 13.6 Å². The van der Waals surface area contributed by atoms with Crippen LogP contribution < -0.4 is 0 Å². The van der Waals surface area contributed by atoms with Crippen molar-refractivity contribution in [1.29, 1.82) is 0 Å². The Morgan fingerprint density at radius 2 is 2.33 bits per heavy atom. The quantitative estimate of drug-likeness (QED) is 0.766. The molecule has 15 heavy (non-hydrogen) atoms. The van der Waals surface area contributed by atoms with E-state index in [1.807, 2.05) is 0 Å². The summed E-state index contributed by atoms with van der Waals surface area (Å²) in [5, 5.41) is 8.37. The summed E-state index contributed by atoms with van der Waals surface area (Å²) in [5.41, 5.74) is 0. The van der Waals surface area contributed by atoms with Crippen molar-refractivity contribution in [3.63, 3.8) is 0 Å². The van der Waals surface area contributed by atoms with Gasteiger partial charge in [0.05, 0.1) is 12.6 Å². The largest absolute Gasteiger partial charge is 0.480 e. The van der Waals surface area contributed by atoms with Crippen molar-refractivity contribution in [2.24, 2.45) is 0 Å². The summed E-state index contributed by atoms with van der Waals surface area (Å²) in [6.07, 6.45) is -1.08. The summed E-state index contributed by atoms with van der Waals surface area (Å²) >= 11 is 0. The van der Waals surface area contributed by atoms with E-state index in [1.165, 1.54) is 0 Å². The van der Waals surface area contributed by atoms with E-state index in [4.69, 9.17) is 9.84 Å². The lowest BCUT2D eigenvalue weighted by molar-refractivity contribution is -0.154. The molecule has 1 saturated heterocycles. The average molecular weight is 223 g/mol. The molecule has 0 bridgehead atoms. The third-order valence-electron chi connectivity index (χ3n) is 2.33. The summed E-state index contributed by atoms with van der Waals surface area (Å²) in [4.78, 5) is 11.8. The Morgan fingerprint density at radius 1 is 1.67 bits per heavy atom. The van der Waals surface area contributed by atoms with Crippen molar-refractivity contribution >= 4 is 5.97 Å². The highest BCUT2D eigenvalue weighted by Gasteiger charge is 2.40. The standard InChI is InChI=1S/C9H15F2NO3/c1-2-12-4-7(15-5-8(13)14)3-9(10,11)6-12/h7H,2-6H2,1H3,(H,13,14). The number of likely N-dealkylation sites (N-methyl/N-ethyl adjacent to an activating group) is 1. The number of carboxylic acids is 1. The molecule has 1 atom stereocenters. The number of rotatable bonds is 4. The third kappa shape index (κ3) is 4.09. The van der Waals surface area contributed by atoms with Crippen LogP contribution in [0, 0.1) is 0 Å². The van der Waals surface area contributed by atoms with Gasteiger partial charge in [-0.25, -0.2) is 13.6 Å². The molecule has 0 aromatic carbocycles. The SMILES string of the molecule is CCN1CC(OCC(=O)O)CC(F)(F)C1. The molecule has 1 unspecified atom stereocenters. The first kappa shape index (κ1) is 12.3. The number of halogens is 2. The number of hydrogen-bond acceptors (Lipinski definition) is 3. The summed E-state index contributed by atoms with van der Waals surface area (Å²) in [6.45, 7) is 1.90. The van der Waals surface area contributed by atoms with Crippen LogP contribution in [-0.2, 0) is 9.53 Å². The number of ether oxygens (including phenoxy) is 1. The highest BCUT2D eigenvalue weighted by atomic mass is 19.3. The maximum absolute atomic E-state index is 13.1. The fourth-order valence-electron chi connectivity index (χ4n) is 1.68. The Labute approximate surface area is 86.8 Å². The minimum Gasteiger partial charge on any atom is -0.480 e. The molecule has 4 nitrogen and oxygen atoms in total. The van der Waals surface area contributed by atoms with Crippen LogP contribution in [0.5, 0.6) is 0 Å². The summed E-state index contributed by atoms with van der Waals surface area (Å²) in [7, 11) is 0. The predicted molar refractivity (Wildman–Crippen MR) is 49.1 cm³/mol. The van der Waals surface area contributed by atoms with Crippen LogP contribution in [0.2, 0.25) is 0 Å². The molecule has 1 aliphatic heterocycles. The second-order valence-corrected chi connectivity index (χ2v) is 3.71. The van der Waals surface area contributed by atoms with Crippen molar-refractivity contribution in [3.8, 4) is 0 Å². The number of likely N-dealkylation sites (tertiary alicyclic amines) is 1. The van der Waals surface area contributed by atoms with Crippen LogP contribution in [0.15, 0.2) is 0 Å². The first-order valence-electron chi connectivity index (χ1n) is 4.86. The normalized spacial score (nSPS) is 26.5. The van der Waals surface area contributed by atoms with Crippen LogP contribution >= 0.6 is 0 Å². The van der Waals surface area contributed by atoms with Crippen LogP contribution in [0.3, 0.4) is 0 Å². The van der Waals surface area contributed by atoms with E-state index >= 15 is 0 Å². The Bertz CT molecular complexity index is 235. The number of piperidine rings is 1. The van der Waals surface area contributed by atoms with E-state index in [0.717, 1.165) is 0 Å². The molecule has 0 amide bonds. The van der Waals surface area contributed by atoms with Gasteiger partial charge in [0.25, 0.3) is 5.92 Å². The van der Waals surface area contributed by atoms with E-state index in [1.54, 1.807) is 11.8 Å². The summed E-state index contributed by atoms with van der Waals surface area (Å²) in [6, 6.07) is 0. The van der Waals surface area contributed by atoms with Crippen molar-refractivity contribution in [1.82, 2.24) is 4.90 Å². The van der Waals surface area contributed by atoms with E-state index < -0.39 is 31.0 Å². The Morgan fingerprint density at radius 3 is 2.87 bits per heavy atom. The van der Waals surface area contributed by atoms with Gasteiger partial charge in [0.15, 0.2) is 0 Å². The van der Waals surface area contributed by atoms with Crippen molar-refractivity contribution < 1.29 is 23.4 Å². The van der Waals surface area contributed by atoms with Crippen LogP contribution in [0.1, 0.15) is 13.3 Å². The first-order valence-corrected chi connectivity index (χ1v) is 4.86. The molecule has 0 spiro atoms. The minimum absolute atomic E-state index is 0.267. The fourth-order valence-corrected chi connectivity index (χ4v) is 1.68. The molecule has 0 aromatic heterocycles. The second-order valence-electron chi connectivity index (χ2n) is 3.71. The van der Waals surface area contributed by atoms with Gasteiger partial charge in [-0.15, -0.1) is 0 Å². The average Bonchev–Trinajstić information content (AvgIpc) is 2.12. The molecule has 0 saturated carbocycles. The third-order valence-corrected chi connectivity index (χ3v) is 2.33. The van der Waals surface area contributed by atoms with Gasteiger partial charge in [-0.2, -0.15) is 0 Å². The maximum Gasteiger partial charge on any atom is 0.329 e. The van der Waals surface area contributed by atoms with Gasteiger partial charge in [-0.1, -0.05) is 6.92 Å². The first-order chi connectivity index (χ1) is 6.93. The van der Waals surface area contributed by atoms with Gasteiger partial charge >= 0.3 is 5.97 Å². The van der Waals surface area contributed by atoms with Gasteiger partial charge < -0.3 is 9.84 Å². The number of nitrogens with zero attached hydrogens (tertiary/aromatic N) is 1. The smallest absolute Gasteiger partial charge is 0.329 e. The lowest BCUT2D eigenvalue weighted by atomic mass is 10.0. The van der Waals surface area contributed by atoms with Gasteiger partial charge in [-0.3, -0.25) is 4.90 Å². The van der Waals surface area contributed by atoms with Crippen molar-refractivity contribution in [3.05, 3.63) is 0 Å². The van der Waals surface area contributed by atoms with Gasteiger partial charge in [0, 0.05) is 13.0 Å². The maximum atomic E-state index is 13.1. The van der Waals surface area contributed by atoms with Crippen LogP contribution in [0.4, 0.5) is 8.78 Å². The van der Waals surface area contributed by atoms with E-state index in [-0.39, 0.29) is 6.54 Å². The lowest BCUT2D eigenvalue weighted by Gasteiger charge is -2.36. The molecule has 1 heterocycles. The fraction of sp³-hybridized carbons (Fsp3) is 0.889. The molecular formula is C9H15F2NO3. The number of carboxylic acid groups (broad SMARTS) is 1. The Balaban J connectivity index is 2.47. The van der Waals surface area contributed by atoms with Crippen molar-refractivity contribution in [2.45, 2.75) is 25.4 Å². The Kier molecular flexibility index (Phi) is 3.98. The van der Waals surface area contributed by atoms with Crippen molar-refractivity contribution in [2.75, 3.05) is 26.2 Å². The van der Waals surface area contributed by atoms with E-state index in [2.05, 4.69) is 0 Å². The molecule has 0 radical (unpaired) electrons. The van der Waals surface area contributed by atoms with Crippen LogP contribution in [-0.4, -0.2) is 54.2 Å². The molecule has 0 aliphatic carbocycles. The summed E-state index contributed by atoms with van der Waals surface area (Å²) in [5.74, 6) is -3.91. The predicted octanol–water partition coefficient (Wildman–Crippen LogP) is 0.817. The zero-order chi connectivity index (χ0) is 11.5. The minimum atomic E-state index is -2.78. The van der Waals surface area contributed by atoms with E-state index in [0.29, 0.717) is 13.1 Å². The molecule has 1 fully saturated rings. The monoisotopic (exact) mass is 223 g/mol. The van der Waals surface area contributed by atoms with Gasteiger partial charge in [-0.05, 0) is 6.54 Å². The van der Waals surface area contributed by atoms with Gasteiger partial charge in [0.2, 0.25) is 0 Å². The molecule has 0 aromatic rings. The Hall–Kier alpha value is -0.750. The topological polar surface area (TPSA) is 49.8 Å². The molecule has 88 valence electrons. The number of hydrogen-bond donors (Lipinski definition) is 1.